The first-order valence-electron chi connectivity index (χ1n) is 7.23. The fourth-order valence-corrected chi connectivity index (χ4v) is 3.39. The highest BCUT2D eigenvalue weighted by molar-refractivity contribution is 7.20. The number of aromatic nitrogens is 2. The lowest BCUT2D eigenvalue weighted by Crippen LogP contribution is -2.38. The molecule has 0 amide bonds. The molecule has 0 saturated carbocycles. The van der Waals surface area contributed by atoms with Gasteiger partial charge < -0.3 is 19.1 Å². The van der Waals surface area contributed by atoms with Crippen LogP contribution in [0.25, 0.3) is 10.3 Å². The normalized spacial score (nSPS) is 15.5. The van der Waals surface area contributed by atoms with Crippen LogP contribution in [0.3, 0.4) is 0 Å². The number of ether oxygens (including phenoxy) is 3. The van der Waals surface area contributed by atoms with Gasteiger partial charge in [-0.2, -0.15) is 0 Å². The van der Waals surface area contributed by atoms with Gasteiger partial charge in [-0.05, 0) is 13.0 Å². The number of carbonyl (C=O) groups is 1. The summed E-state index contributed by atoms with van der Waals surface area (Å²) in [5.41, 5.74) is 0.899. The zero-order chi connectivity index (χ0) is 15.5. The van der Waals surface area contributed by atoms with Crippen LogP contribution in [-0.4, -0.2) is 55.5 Å². The molecular weight excluding hydrogens is 306 g/mol. The summed E-state index contributed by atoms with van der Waals surface area (Å²) >= 11 is 1.35. The van der Waals surface area contributed by atoms with Crippen molar-refractivity contribution in [2.75, 3.05) is 44.9 Å². The maximum absolute atomic E-state index is 11.9. The second-order valence-corrected chi connectivity index (χ2v) is 5.91. The quantitative estimate of drug-likeness (QED) is 0.780. The van der Waals surface area contributed by atoms with E-state index in [1.807, 2.05) is 10.6 Å². The number of thiophene rings is 1. The van der Waals surface area contributed by atoms with E-state index in [4.69, 9.17) is 14.2 Å². The Labute approximate surface area is 132 Å². The SMILES string of the molecule is CCOC(=O)c1cc2c(nc(N3CCOCC3)n2COC)s1. The molecule has 0 spiro atoms. The Morgan fingerprint density at radius 3 is 2.91 bits per heavy atom. The highest BCUT2D eigenvalue weighted by Crippen LogP contribution is 2.30. The minimum atomic E-state index is -0.303. The van der Waals surface area contributed by atoms with Crippen LogP contribution in [0.2, 0.25) is 0 Å². The first-order chi connectivity index (χ1) is 10.7. The van der Waals surface area contributed by atoms with Gasteiger partial charge in [0.25, 0.3) is 0 Å². The Bertz CT molecular complexity index is 660. The van der Waals surface area contributed by atoms with Crippen molar-refractivity contribution in [3.63, 3.8) is 0 Å². The molecule has 3 rings (SSSR count). The van der Waals surface area contributed by atoms with Crippen LogP contribution in [0.1, 0.15) is 16.6 Å². The van der Waals surface area contributed by atoms with Gasteiger partial charge in [0, 0.05) is 20.2 Å². The van der Waals surface area contributed by atoms with E-state index in [-0.39, 0.29) is 5.97 Å². The van der Waals surface area contributed by atoms with Crippen LogP contribution in [0.5, 0.6) is 0 Å². The highest BCUT2D eigenvalue weighted by Gasteiger charge is 2.22. The Balaban J connectivity index is 1.97. The summed E-state index contributed by atoms with van der Waals surface area (Å²) in [6.45, 7) is 5.55. The average molecular weight is 325 g/mol. The summed E-state index contributed by atoms with van der Waals surface area (Å²) in [4.78, 5) is 20.1. The number of morpholine rings is 1. The van der Waals surface area contributed by atoms with Crippen LogP contribution >= 0.6 is 11.3 Å². The number of nitrogens with zero attached hydrogens (tertiary/aromatic N) is 3. The van der Waals surface area contributed by atoms with Gasteiger partial charge in [0.1, 0.15) is 16.4 Å². The molecule has 0 radical (unpaired) electrons. The number of fused-ring (bicyclic) bond motifs is 1. The summed E-state index contributed by atoms with van der Waals surface area (Å²) in [5.74, 6) is 0.559. The molecule has 120 valence electrons. The van der Waals surface area contributed by atoms with Crippen molar-refractivity contribution in [1.82, 2.24) is 9.55 Å². The number of esters is 1. The summed E-state index contributed by atoms with van der Waals surface area (Å²) in [6.07, 6.45) is 0. The molecule has 1 aliphatic heterocycles. The van der Waals surface area contributed by atoms with Crippen molar-refractivity contribution in [1.29, 1.82) is 0 Å². The molecule has 2 aromatic rings. The largest absolute Gasteiger partial charge is 0.462 e. The molecule has 1 saturated heterocycles. The molecule has 0 N–H and O–H groups in total. The number of hydrogen-bond donors (Lipinski definition) is 0. The fraction of sp³-hybridized carbons (Fsp3) is 0.571. The number of anilines is 1. The lowest BCUT2D eigenvalue weighted by Gasteiger charge is -2.28. The predicted molar refractivity (Wildman–Crippen MR) is 83.6 cm³/mol. The molecular formula is C14H19N3O4S. The second-order valence-electron chi connectivity index (χ2n) is 4.88. The molecule has 0 bridgehead atoms. The van der Waals surface area contributed by atoms with E-state index in [0.29, 0.717) is 31.4 Å². The number of carbonyl (C=O) groups excluding carboxylic acids is 1. The first kappa shape index (κ1) is 15.3. The van der Waals surface area contributed by atoms with E-state index < -0.39 is 0 Å². The highest BCUT2D eigenvalue weighted by atomic mass is 32.1. The molecule has 0 unspecified atom stereocenters. The molecule has 1 aliphatic rings. The van der Waals surface area contributed by atoms with E-state index in [9.17, 15) is 4.79 Å². The third-order valence-electron chi connectivity index (χ3n) is 3.46. The van der Waals surface area contributed by atoms with Crippen LogP contribution in [0.15, 0.2) is 6.07 Å². The van der Waals surface area contributed by atoms with Gasteiger partial charge in [-0.1, -0.05) is 0 Å². The van der Waals surface area contributed by atoms with Crippen molar-refractivity contribution in [2.24, 2.45) is 0 Å². The summed E-state index contributed by atoms with van der Waals surface area (Å²) < 4.78 is 17.7. The van der Waals surface area contributed by atoms with Gasteiger partial charge in [-0.3, -0.25) is 4.57 Å². The minimum Gasteiger partial charge on any atom is -0.462 e. The fourth-order valence-electron chi connectivity index (χ4n) is 2.47. The smallest absolute Gasteiger partial charge is 0.348 e. The van der Waals surface area contributed by atoms with Crippen molar-refractivity contribution in [3.8, 4) is 0 Å². The zero-order valence-electron chi connectivity index (χ0n) is 12.7. The second kappa shape index (κ2) is 6.64. The van der Waals surface area contributed by atoms with E-state index in [0.717, 1.165) is 29.4 Å². The van der Waals surface area contributed by atoms with Crippen LogP contribution in [0, 0.1) is 0 Å². The molecule has 1 fully saturated rings. The van der Waals surface area contributed by atoms with Crippen LogP contribution in [-0.2, 0) is 20.9 Å². The Morgan fingerprint density at radius 2 is 2.23 bits per heavy atom. The van der Waals surface area contributed by atoms with Crippen LogP contribution < -0.4 is 4.90 Å². The molecule has 0 aliphatic carbocycles. The minimum absolute atomic E-state index is 0.303. The number of hydrogen-bond acceptors (Lipinski definition) is 7. The first-order valence-corrected chi connectivity index (χ1v) is 8.05. The van der Waals surface area contributed by atoms with Crippen molar-refractivity contribution < 1.29 is 19.0 Å². The molecule has 3 heterocycles. The van der Waals surface area contributed by atoms with Crippen molar-refractivity contribution in [3.05, 3.63) is 10.9 Å². The standard InChI is InChI=1S/C14H19N3O4S/c1-3-21-13(18)11-8-10-12(22-11)15-14(17(10)9-19-2)16-4-6-20-7-5-16/h8H,3-7,9H2,1-2H3. The summed E-state index contributed by atoms with van der Waals surface area (Å²) in [5, 5.41) is 0. The Morgan fingerprint density at radius 1 is 1.45 bits per heavy atom. The van der Waals surface area contributed by atoms with Crippen molar-refractivity contribution in [2.45, 2.75) is 13.7 Å². The van der Waals surface area contributed by atoms with Gasteiger partial charge in [0.15, 0.2) is 0 Å². The van der Waals surface area contributed by atoms with E-state index in [2.05, 4.69) is 9.88 Å². The number of rotatable bonds is 5. The third kappa shape index (κ3) is 2.81. The maximum Gasteiger partial charge on any atom is 0.348 e. The summed E-state index contributed by atoms with van der Waals surface area (Å²) in [6, 6.07) is 1.83. The van der Waals surface area contributed by atoms with Crippen molar-refractivity contribution >= 4 is 33.6 Å². The number of methoxy groups -OCH3 is 1. The molecule has 2 aromatic heterocycles. The lowest BCUT2D eigenvalue weighted by atomic mass is 10.4. The maximum atomic E-state index is 11.9. The van der Waals surface area contributed by atoms with Gasteiger partial charge in [0.05, 0.1) is 25.3 Å². The molecule has 0 atom stereocenters. The topological polar surface area (TPSA) is 65.8 Å². The molecule has 22 heavy (non-hydrogen) atoms. The monoisotopic (exact) mass is 325 g/mol. The van der Waals surface area contributed by atoms with Gasteiger partial charge in [-0.25, -0.2) is 9.78 Å². The molecule has 0 aromatic carbocycles. The lowest BCUT2D eigenvalue weighted by molar-refractivity contribution is 0.0532. The summed E-state index contributed by atoms with van der Waals surface area (Å²) in [7, 11) is 1.65. The van der Waals surface area contributed by atoms with Gasteiger partial charge >= 0.3 is 5.97 Å². The third-order valence-corrected chi connectivity index (χ3v) is 4.45. The van der Waals surface area contributed by atoms with Gasteiger partial charge in [0.2, 0.25) is 5.95 Å². The van der Waals surface area contributed by atoms with E-state index in [1.165, 1.54) is 11.3 Å². The average Bonchev–Trinajstić information content (AvgIpc) is 3.08. The Hall–Kier alpha value is -1.64. The molecule has 8 heteroatoms. The van der Waals surface area contributed by atoms with E-state index in [1.54, 1.807) is 14.0 Å². The van der Waals surface area contributed by atoms with E-state index >= 15 is 0 Å². The van der Waals surface area contributed by atoms with Gasteiger partial charge in [-0.15, -0.1) is 11.3 Å². The Kier molecular flexibility index (Phi) is 4.60. The predicted octanol–water partition coefficient (Wildman–Crippen LogP) is 1.72. The van der Waals surface area contributed by atoms with Crippen LogP contribution in [0.4, 0.5) is 5.95 Å². The molecule has 7 nitrogen and oxygen atoms in total. The zero-order valence-corrected chi connectivity index (χ0v) is 13.5. The number of imidazole rings is 1.